The topological polar surface area (TPSA) is 32.6 Å². The fourth-order valence-electron chi connectivity index (χ4n) is 0.702. The molecule has 0 spiro atoms. The third kappa shape index (κ3) is 0.918. The monoisotopic (exact) mass is 99.1 g/mol. The van der Waals surface area contributed by atoms with E-state index in [4.69, 9.17) is 5.11 Å². The summed E-state index contributed by atoms with van der Waals surface area (Å²) in [6, 6.07) is 0. The molecule has 1 N–H and O–H groups in total. The molecular formula is C5H9NO. The van der Waals surface area contributed by atoms with Gasteiger partial charge in [-0.3, -0.25) is 4.99 Å². The van der Waals surface area contributed by atoms with E-state index in [0.717, 1.165) is 13.0 Å². The molecule has 0 bridgehead atoms. The van der Waals surface area contributed by atoms with Crippen molar-refractivity contribution in [2.24, 2.45) is 10.9 Å². The van der Waals surface area contributed by atoms with Crippen LogP contribution >= 0.6 is 0 Å². The van der Waals surface area contributed by atoms with Crippen molar-refractivity contribution in [2.75, 3.05) is 6.54 Å². The van der Waals surface area contributed by atoms with Gasteiger partial charge in [0.15, 0.2) is 5.90 Å². The molecule has 0 aromatic rings. The first-order valence-corrected chi connectivity index (χ1v) is 2.51. The molecule has 2 heteroatoms. The summed E-state index contributed by atoms with van der Waals surface area (Å²) in [4.78, 5) is 3.79. The van der Waals surface area contributed by atoms with E-state index in [1.807, 2.05) is 0 Å². The van der Waals surface area contributed by atoms with Crippen LogP contribution in [0.4, 0.5) is 0 Å². The normalized spacial score (nSPS) is 30.4. The lowest BCUT2D eigenvalue weighted by molar-refractivity contribution is 0.527. The SMILES string of the molecule is C[C@H]1CN=C(O)C1. The van der Waals surface area contributed by atoms with Crippen molar-refractivity contribution in [1.82, 2.24) is 0 Å². The van der Waals surface area contributed by atoms with Crippen LogP contribution in [0.1, 0.15) is 13.3 Å². The van der Waals surface area contributed by atoms with Gasteiger partial charge in [0.05, 0.1) is 0 Å². The van der Waals surface area contributed by atoms with E-state index in [0.29, 0.717) is 11.8 Å². The van der Waals surface area contributed by atoms with Crippen LogP contribution in [-0.2, 0) is 0 Å². The number of hydrogen-bond donors (Lipinski definition) is 1. The standard InChI is InChI=1S/C5H9NO/c1-4-2-5(7)6-3-4/h4H,2-3H2,1H3,(H,6,7)/t4-/m1/s1. The van der Waals surface area contributed by atoms with Crippen LogP contribution in [-0.4, -0.2) is 17.5 Å². The molecule has 0 aromatic carbocycles. The number of aliphatic hydroxyl groups is 1. The molecule has 1 atom stereocenters. The summed E-state index contributed by atoms with van der Waals surface area (Å²) < 4.78 is 0. The Morgan fingerprint density at radius 2 is 2.57 bits per heavy atom. The van der Waals surface area contributed by atoms with Crippen molar-refractivity contribution in [3.05, 3.63) is 0 Å². The van der Waals surface area contributed by atoms with Gasteiger partial charge in [0.2, 0.25) is 0 Å². The minimum atomic E-state index is 0.326. The van der Waals surface area contributed by atoms with Crippen LogP contribution in [0.2, 0.25) is 0 Å². The van der Waals surface area contributed by atoms with Crippen LogP contribution in [0.15, 0.2) is 4.99 Å². The molecular weight excluding hydrogens is 90.1 g/mol. The zero-order chi connectivity index (χ0) is 5.28. The second-order valence-electron chi connectivity index (χ2n) is 2.07. The molecule has 1 aliphatic rings. The van der Waals surface area contributed by atoms with E-state index >= 15 is 0 Å². The highest BCUT2D eigenvalue weighted by molar-refractivity contribution is 5.75. The number of aliphatic imine (C=N–C) groups is 1. The third-order valence-corrected chi connectivity index (χ3v) is 1.12. The Balaban J connectivity index is 2.42. The van der Waals surface area contributed by atoms with Gasteiger partial charge in [-0.15, -0.1) is 0 Å². The Morgan fingerprint density at radius 1 is 1.86 bits per heavy atom. The maximum Gasteiger partial charge on any atom is 0.181 e. The van der Waals surface area contributed by atoms with Crippen molar-refractivity contribution in [2.45, 2.75) is 13.3 Å². The molecule has 1 aliphatic heterocycles. The summed E-state index contributed by atoms with van der Waals surface area (Å²) in [5.74, 6) is 0.896. The first kappa shape index (κ1) is 4.62. The average Bonchev–Trinajstić information content (AvgIpc) is 1.87. The highest BCUT2D eigenvalue weighted by Gasteiger charge is 2.11. The molecule has 0 aliphatic carbocycles. The number of nitrogens with zero attached hydrogens (tertiary/aromatic N) is 1. The van der Waals surface area contributed by atoms with E-state index < -0.39 is 0 Å². The van der Waals surface area contributed by atoms with E-state index in [1.54, 1.807) is 0 Å². The third-order valence-electron chi connectivity index (χ3n) is 1.12. The van der Waals surface area contributed by atoms with E-state index in [1.165, 1.54) is 0 Å². The van der Waals surface area contributed by atoms with Crippen molar-refractivity contribution < 1.29 is 5.11 Å². The predicted octanol–water partition coefficient (Wildman–Crippen LogP) is 0.983. The lowest BCUT2D eigenvalue weighted by Crippen LogP contribution is -1.94. The van der Waals surface area contributed by atoms with Crippen molar-refractivity contribution in [1.29, 1.82) is 0 Å². The molecule has 0 amide bonds. The smallest absolute Gasteiger partial charge is 0.181 e. The van der Waals surface area contributed by atoms with Gasteiger partial charge in [-0.25, -0.2) is 0 Å². The number of aliphatic hydroxyl groups excluding tert-OH is 1. The second-order valence-corrected chi connectivity index (χ2v) is 2.07. The van der Waals surface area contributed by atoms with Gasteiger partial charge in [-0.2, -0.15) is 0 Å². The Bertz CT molecular complexity index is 98.3. The molecule has 0 radical (unpaired) electrons. The fraction of sp³-hybridized carbons (Fsp3) is 0.800. The molecule has 1 rings (SSSR count). The maximum absolute atomic E-state index is 8.65. The summed E-state index contributed by atoms with van der Waals surface area (Å²) in [6.07, 6.45) is 0.778. The number of rotatable bonds is 0. The van der Waals surface area contributed by atoms with Crippen LogP contribution in [0.25, 0.3) is 0 Å². The van der Waals surface area contributed by atoms with Gasteiger partial charge in [-0.05, 0) is 5.92 Å². The van der Waals surface area contributed by atoms with E-state index in [9.17, 15) is 0 Å². The fourth-order valence-corrected chi connectivity index (χ4v) is 0.702. The predicted molar refractivity (Wildman–Crippen MR) is 28.7 cm³/mol. The second kappa shape index (κ2) is 1.52. The van der Waals surface area contributed by atoms with Crippen LogP contribution in [0.5, 0.6) is 0 Å². The molecule has 0 saturated carbocycles. The molecule has 0 aromatic heterocycles. The van der Waals surface area contributed by atoms with Crippen LogP contribution < -0.4 is 0 Å². The van der Waals surface area contributed by atoms with Gasteiger partial charge in [-0.1, -0.05) is 6.92 Å². The summed E-state index contributed by atoms with van der Waals surface area (Å²) in [5.41, 5.74) is 0. The molecule has 2 nitrogen and oxygen atoms in total. The molecule has 0 unspecified atom stereocenters. The van der Waals surface area contributed by atoms with E-state index in [-0.39, 0.29) is 0 Å². The molecule has 1 heterocycles. The van der Waals surface area contributed by atoms with Crippen LogP contribution in [0.3, 0.4) is 0 Å². The molecule has 7 heavy (non-hydrogen) atoms. The van der Waals surface area contributed by atoms with Crippen LogP contribution in [0, 0.1) is 5.92 Å². The summed E-state index contributed by atoms with van der Waals surface area (Å²) >= 11 is 0. The quantitative estimate of drug-likeness (QED) is 0.482. The summed E-state index contributed by atoms with van der Waals surface area (Å²) in [7, 11) is 0. The molecule has 0 saturated heterocycles. The lowest BCUT2D eigenvalue weighted by atomic mass is 10.1. The van der Waals surface area contributed by atoms with Gasteiger partial charge in [0.1, 0.15) is 0 Å². The van der Waals surface area contributed by atoms with Crippen molar-refractivity contribution >= 4 is 5.90 Å². The van der Waals surface area contributed by atoms with Gasteiger partial charge in [0, 0.05) is 13.0 Å². The molecule has 40 valence electrons. The number of hydrogen-bond acceptors (Lipinski definition) is 1. The van der Waals surface area contributed by atoms with Crippen molar-refractivity contribution in [3.8, 4) is 0 Å². The first-order chi connectivity index (χ1) is 3.29. The van der Waals surface area contributed by atoms with Crippen molar-refractivity contribution in [3.63, 3.8) is 0 Å². The Labute approximate surface area is 42.9 Å². The van der Waals surface area contributed by atoms with Gasteiger partial charge >= 0.3 is 0 Å². The van der Waals surface area contributed by atoms with E-state index in [2.05, 4.69) is 11.9 Å². The minimum Gasteiger partial charge on any atom is -0.497 e. The lowest BCUT2D eigenvalue weighted by Gasteiger charge is -1.91. The van der Waals surface area contributed by atoms with Gasteiger partial charge in [0.25, 0.3) is 0 Å². The highest BCUT2D eigenvalue weighted by atomic mass is 16.3. The minimum absolute atomic E-state index is 0.326. The highest BCUT2D eigenvalue weighted by Crippen LogP contribution is 2.09. The zero-order valence-electron chi connectivity index (χ0n) is 4.39. The Morgan fingerprint density at radius 3 is 2.71 bits per heavy atom. The Kier molecular flexibility index (Phi) is 1.01. The average molecular weight is 99.1 g/mol. The maximum atomic E-state index is 8.65. The first-order valence-electron chi connectivity index (χ1n) is 2.51. The van der Waals surface area contributed by atoms with Gasteiger partial charge < -0.3 is 5.11 Å². The zero-order valence-corrected chi connectivity index (χ0v) is 4.39. The Hall–Kier alpha value is -0.530. The molecule has 0 fully saturated rings. The summed E-state index contributed by atoms with van der Waals surface area (Å²) in [5, 5.41) is 8.65. The summed E-state index contributed by atoms with van der Waals surface area (Å²) in [6.45, 7) is 2.89. The largest absolute Gasteiger partial charge is 0.497 e.